The Hall–Kier alpha value is -2.96. The van der Waals surface area contributed by atoms with Crippen LogP contribution in [0, 0.1) is 0 Å². The first-order valence-corrected chi connectivity index (χ1v) is 7.08. The largest absolute Gasteiger partial charge is 0.465 e. The summed E-state index contributed by atoms with van der Waals surface area (Å²) in [6.07, 6.45) is 2.88. The van der Waals surface area contributed by atoms with E-state index >= 15 is 0 Å². The van der Waals surface area contributed by atoms with Crippen LogP contribution in [0.2, 0.25) is 0 Å². The number of amides is 1. The molecule has 23 heavy (non-hydrogen) atoms. The van der Waals surface area contributed by atoms with E-state index in [2.05, 4.69) is 25.3 Å². The van der Waals surface area contributed by atoms with Gasteiger partial charge in [-0.1, -0.05) is 6.07 Å². The average molecular weight is 314 g/mol. The van der Waals surface area contributed by atoms with E-state index < -0.39 is 5.97 Å². The molecule has 0 fully saturated rings. The quantitative estimate of drug-likeness (QED) is 0.823. The number of hydrogen-bond donors (Lipinski definition) is 2. The molecule has 0 spiro atoms. The van der Waals surface area contributed by atoms with E-state index in [0.717, 1.165) is 0 Å². The normalized spacial score (nSPS) is 10.3. The van der Waals surface area contributed by atoms with Crippen molar-refractivity contribution in [3.05, 3.63) is 47.8 Å². The van der Waals surface area contributed by atoms with Crippen LogP contribution in [-0.4, -0.2) is 35.0 Å². The highest BCUT2D eigenvalue weighted by atomic mass is 16.5. The Labute approximate surface area is 134 Å². The van der Waals surface area contributed by atoms with Crippen LogP contribution in [0.3, 0.4) is 0 Å². The van der Waals surface area contributed by atoms with Gasteiger partial charge in [-0.15, -0.1) is 0 Å². The first-order chi connectivity index (χ1) is 11.0. The fourth-order valence-electron chi connectivity index (χ4n) is 1.82. The molecule has 1 aromatic carbocycles. The summed E-state index contributed by atoms with van der Waals surface area (Å²) in [6, 6.07) is 6.69. The maximum Gasteiger partial charge on any atom is 0.337 e. The van der Waals surface area contributed by atoms with Gasteiger partial charge in [0.25, 0.3) is 5.91 Å². The third-order valence-corrected chi connectivity index (χ3v) is 2.87. The summed E-state index contributed by atoms with van der Waals surface area (Å²) in [4.78, 5) is 31.8. The predicted molar refractivity (Wildman–Crippen MR) is 86.5 cm³/mol. The lowest BCUT2D eigenvalue weighted by Gasteiger charge is -2.09. The topological polar surface area (TPSA) is 93.2 Å². The molecule has 2 rings (SSSR count). The summed E-state index contributed by atoms with van der Waals surface area (Å²) in [5.41, 5.74) is 1.17. The highest BCUT2D eigenvalue weighted by Crippen LogP contribution is 2.13. The summed E-state index contributed by atoms with van der Waals surface area (Å²) in [6.45, 7) is 3.94. The number of nitrogens with one attached hydrogen (secondary N) is 2. The van der Waals surface area contributed by atoms with Crippen LogP contribution >= 0.6 is 0 Å². The molecule has 1 aromatic heterocycles. The molecule has 2 aromatic rings. The zero-order valence-corrected chi connectivity index (χ0v) is 13.2. The Morgan fingerprint density at radius 2 is 1.83 bits per heavy atom. The summed E-state index contributed by atoms with van der Waals surface area (Å²) < 4.78 is 4.65. The molecule has 0 radical (unpaired) electrons. The van der Waals surface area contributed by atoms with Crippen molar-refractivity contribution in [2.75, 3.05) is 17.7 Å². The second kappa shape index (κ2) is 7.35. The molecule has 0 aliphatic rings. The number of aromatic nitrogens is 2. The van der Waals surface area contributed by atoms with Crippen molar-refractivity contribution in [2.24, 2.45) is 0 Å². The average Bonchev–Trinajstić information content (AvgIpc) is 2.54. The zero-order valence-electron chi connectivity index (χ0n) is 13.2. The van der Waals surface area contributed by atoms with Crippen LogP contribution in [0.15, 0.2) is 36.7 Å². The monoisotopic (exact) mass is 314 g/mol. The molecule has 1 heterocycles. The van der Waals surface area contributed by atoms with Gasteiger partial charge in [-0.3, -0.25) is 4.79 Å². The van der Waals surface area contributed by atoms with Gasteiger partial charge in [0.15, 0.2) is 0 Å². The third-order valence-electron chi connectivity index (χ3n) is 2.87. The van der Waals surface area contributed by atoms with Gasteiger partial charge in [-0.2, -0.15) is 0 Å². The van der Waals surface area contributed by atoms with E-state index in [-0.39, 0.29) is 11.9 Å². The standard InChI is InChI=1S/C16H18N4O3/c1-10(2)19-16-17-8-12(9-18-16)14(21)20-13-6-4-5-11(7-13)15(22)23-3/h4-10H,1-3H3,(H,20,21)(H,17,18,19). The Morgan fingerprint density at radius 3 is 2.43 bits per heavy atom. The molecule has 0 saturated heterocycles. The van der Waals surface area contributed by atoms with Crippen LogP contribution in [0.1, 0.15) is 34.6 Å². The first kappa shape index (κ1) is 16.4. The first-order valence-electron chi connectivity index (χ1n) is 7.08. The molecule has 2 N–H and O–H groups in total. The third kappa shape index (κ3) is 4.50. The Bertz CT molecular complexity index is 699. The van der Waals surface area contributed by atoms with Crippen LogP contribution in [-0.2, 0) is 4.74 Å². The number of anilines is 2. The Balaban J connectivity index is 2.08. The van der Waals surface area contributed by atoms with Gasteiger partial charge in [0.05, 0.1) is 18.2 Å². The van der Waals surface area contributed by atoms with Crippen molar-refractivity contribution in [3.63, 3.8) is 0 Å². The van der Waals surface area contributed by atoms with Crippen molar-refractivity contribution in [1.82, 2.24) is 9.97 Å². The number of methoxy groups -OCH3 is 1. The van der Waals surface area contributed by atoms with Gasteiger partial charge in [0.2, 0.25) is 5.95 Å². The highest BCUT2D eigenvalue weighted by Gasteiger charge is 2.10. The molecular weight excluding hydrogens is 296 g/mol. The molecule has 0 aliphatic carbocycles. The molecular formula is C16H18N4O3. The van der Waals surface area contributed by atoms with E-state index in [0.29, 0.717) is 22.8 Å². The Morgan fingerprint density at radius 1 is 1.13 bits per heavy atom. The fourth-order valence-corrected chi connectivity index (χ4v) is 1.82. The lowest BCUT2D eigenvalue weighted by molar-refractivity contribution is 0.0600. The van der Waals surface area contributed by atoms with Crippen LogP contribution < -0.4 is 10.6 Å². The number of ether oxygens (including phenoxy) is 1. The number of carbonyl (C=O) groups excluding carboxylic acids is 2. The lowest BCUT2D eigenvalue weighted by Crippen LogP contribution is -2.16. The van der Waals surface area contributed by atoms with Crippen LogP contribution in [0.5, 0.6) is 0 Å². The van der Waals surface area contributed by atoms with E-state index in [9.17, 15) is 9.59 Å². The van der Waals surface area contributed by atoms with Gasteiger partial charge < -0.3 is 15.4 Å². The van der Waals surface area contributed by atoms with Crippen molar-refractivity contribution < 1.29 is 14.3 Å². The number of hydrogen-bond acceptors (Lipinski definition) is 6. The van der Waals surface area contributed by atoms with E-state index in [1.807, 2.05) is 13.8 Å². The molecule has 120 valence electrons. The number of benzene rings is 1. The molecule has 0 unspecified atom stereocenters. The lowest BCUT2D eigenvalue weighted by atomic mass is 10.2. The zero-order chi connectivity index (χ0) is 16.8. The van der Waals surface area contributed by atoms with Crippen molar-refractivity contribution in [3.8, 4) is 0 Å². The van der Waals surface area contributed by atoms with Gasteiger partial charge >= 0.3 is 5.97 Å². The summed E-state index contributed by atoms with van der Waals surface area (Å²) in [7, 11) is 1.30. The van der Waals surface area contributed by atoms with Crippen LogP contribution in [0.25, 0.3) is 0 Å². The van der Waals surface area contributed by atoms with Crippen molar-refractivity contribution >= 4 is 23.5 Å². The molecule has 0 aliphatic heterocycles. The minimum absolute atomic E-state index is 0.204. The second-order valence-corrected chi connectivity index (χ2v) is 5.12. The fraction of sp³-hybridized carbons (Fsp3) is 0.250. The van der Waals surface area contributed by atoms with E-state index in [4.69, 9.17) is 0 Å². The molecule has 7 nitrogen and oxygen atoms in total. The highest BCUT2D eigenvalue weighted by molar-refractivity contribution is 6.04. The van der Waals surface area contributed by atoms with Gasteiger partial charge in [-0.25, -0.2) is 14.8 Å². The maximum absolute atomic E-state index is 12.2. The maximum atomic E-state index is 12.2. The summed E-state index contributed by atoms with van der Waals surface area (Å²) in [5, 5.41) is 5.73. The van der Waals surface area contributed by atoms with E-state index in [1.165, 1.54) is 19.5 Å². The van der Waals surface area contributed by atoms with Crippen molar-refractivity contribution in [2.45, 2.75) is 19.9 Å². The Kier molecular flexibility index (Phi) is 5.24. The van der Waals surface area contributed by atoms with Crippen LogP contribution in [0.4, 0.5) is 11.6 Å². The number of nitrogens with zero attached hydrogens (tertiary/aromatic N) is 2. The SMILES string of the molecule is COC(=O)c1cccc(NC(=O)c2cnc(NC(C)C)nc2)c1. The second-order valence-electron chi connectivity index (χ2n) is 5.12. The minimum Gasteiger partial charge on any atom is -0.465 e. The van der Waals surface area contributed by atoms with Gasteiger partial charge in [0.1, 0.15) is 0 Å². The molecule has 0 atom stereocenters. The summed E-state index contributed by atoms with van der Waals surface area (Å²) in [5.74, 6) is -0.360. The molecule has 7 heteroatoms. The van der Waals surface area contributed by atoms with Crippen molar-refractivity contribution in [1.29, 1.82) is 0 Å². The smallest absolute Gasteiger partial charge is 0.337 e. The molecule has 0 saturated carbocycles. The molecule has 0 bridgehead atoms. The predicted octanol–water partition coefficient (Wildman–Crippen LogP) is 2.34. The number of carbonyl (C=O) groups is 2. The minimum atomic E-state index is -0.464. The number of esters is 1. The van der Waals surface area contributed by atoms with E-state index in [1.54, 1.807) is 24.3 Å². The summed E-state index contributed by atoms with van der Waals surface area (Å²) >= 11 is 0. The molecule has 1 amide bonds. The van der Waals surface area contributed by atoms with Gasteiger partial charge in [0, 0.05) is 24.1 Å². The number of rotatable bonds is 5. The van der Waals surface area contributed by atoms with Gasteiger partial charge in [-0.05, 0) is 32.0 Å².